The summed E-state index contributed by atoms with van der Waals surface area (Å²) >= 11 is 1.75. The van der Waals surface area contributed by atoms with E-state index in [0.717, 1.165) is 36.0 Å². The van der Waals surface area contributed by atoms with E-state index >= 15 is 0 Å². The molecule has 0 radical (unpaired) electrons. The summed E-state index contributed by atoms with van der Waals surface area (Å²) in [7, 11) is 0. The number of carbonyl (C=O) groups excluding carboxylic acids is 1. The Bertz CT molecular complexity index is 815. The highest BCUT2D eigenvalue weighted by Crippen LogP contribution is 2.35. The third kappa shape index (κ3) is 3.77. The summed E-state index contributed by atoms with van der Waals surface area (Å²) in [4.78, 5) is 28.5. The van der Waals surface area contributed by atoms with Crippen molar-refractivity contribution in [3.8, 4) is 0 Å². The summed E-state index contributed by atoms with van der Waals surface area (Å²) in [5, 5.41) is 4.23. The highest BCUT2D eigenvalue weighted by atomic mass is 32.1. The van der Waals surface area contributed by atoms with Crippen LogP contribution < -0.4 is 10.2 Å². The molecule has 142 valence electrons. The minimum atomic E-state index is -0.214. The summed E-state index contributed by atoms with van der Waals surface area (Å²) < 4.78 is 0. The van der Waals surface area contributed by atoms with Crippen LogP contribution in [0.25, 0.3) is 10.2 Å². The molecule has 3 heterocycles. The molecule has 2 aromatic rings. The molecule has 1 aliphatic rings. The average Bonchev–Trinajstić information content (AvgIpc) is 2.87. The van der Waals surface area contributed by atoms with E-state index in [2.05, 4.69) is 31.0 Å². The molecule has 3 rings (SSSR count). The van der Waals surface area contributed by atoms with Gasteiger partial charge in [0.25, 0.3) is 0 Å². The van der Waals surface area contributed by atoms with Crippen LogP contribution in [-0.4, -0.2) is 52.6 Å². The van der Waals surface area contributed by atoms with Crippen molar-refractivity contribution < 1.29 is 4.79 Å². The number of nitrogens with one attached hydrogen (secondary N) is 1. The maximum absolute atomic E-state index is 12.4. The van der Waals surface area contributed by atoms with Gasteiger partial charge in [-0.2, -0.15) is 0 Å². The van der Waals surface area contributed by atoms with Crippen molar-refractivity contribution in [2.24, 2.45) is 0 Å². The zero-order valence-corrected chi connectivity index (χ0v) is 17.5. The number of rotatable bonds is 2. The van der Waals surface area contributed by atoms with Crippen LogP contribution in [0.15, 0.2) is 0 Å². The van der Waals surface area contributed by atoms with Gasteiger partial charge in [-0.25, -0.2) is 14.8 Å². The molecule has 26 heavy (non-hydrogen) atoms. The zero-order chi connectivity index (χ0) is 19.1. The lowest BCUT2D eigenvalue weighted by molar-refractivity contribution is 0.185. The standard InChI is InChI=1S/C19H29N5OS/c1-7-14-20-16(15-12(2)13(3)26-17(15)21-14)23-8-10-24(11-9-23)18(25)22-19(4,5)6/h7-11H2,1-6H3,(H,22,25). The highest BCUT2D eigenvalue weighted by Gasteiger charge is 2.26. The Balaban J connectivity index is 1.82. The predicted molar refractivity (Wildman–Crippen MR) is 108 cm³/mol. The van der Waals surface area contributed by atoms with Crippen molar-refractivity contribution in [3.05, 3.63) is 16.3 Å². The molecule has 1 fully saturated rings. The Morgan fingerprint density at radius 2 is 1.81 bits per heavy atom. The third-order valence-electron chi connectivity index (χ3n) is 4.72. The van der Waals surface area contributed by atoms with Crippen LogP contribution in [0.1, 0.15) is 44.0 Å². The van der Waals surface area contributed by atoms with E-state index in [4.69, 9.17) is 9.97 Å². The Morgan fingerprint density at radius 1 is 1.15 bits per heavy atom. The molecular formula is C19H29N5OS. The Kier molecular flexibility index (Phi) is 5.10. The Hall–Kier alpha value is -1.89. The highest BCUT2D eigenvalue weighted by molar-refractivity contribution is 7.18. The quantitative estimate of drug-likeness (QED) is 0.873. The van der Waals surface area contributed by atoms with Gasteiger partial charge >= 0.3 is 6.03 Å². The summed E-state index contributed by atoms with van der Waals surface area (Å²) in [6.07, 6.45) is 0.826. The Labute approximate surface area is 159 Å². The lowest BCUT2D eigenvalue weighted by Gasteiger charge is -2.37. The van der Waals surface area contributed by atoms with Gasteiger partial charge in [-0.1, -0.05) is 6.92 Å². The van der Waals surface area contributed by atoms with E-state index < -0.39 is 0 Å². The molecule has 1 aliphatic heterocycles. The number of aryl methyl sites for hydroxylation is 3. The fraction of sp³-hybridized carbons (Fsp3) is 0.632. The molecule has 7 heteroatoms. The molecule has 0 atom stereocenters. The van der Waals surface area contributed by atoms with Crippen LogP contribution in [0.3, 0.4) is 0 Å². The number of anilines is 1. The molecule has 0 bridgehead atoms. The first-order valence-corrected chi connectivity index (χ1v) is 10.1. The van der Waals surface area contributed by atoms with E-state index in [1.807, 2.05) is 25.7 Å². The van der Waals surface area contributed by atoms with Crippen molar-refractivity contribution in [2.45, 2.75) is 53.5 Å². The SMILES string of the molecule is CCc1nc(N2CCN(C(=O)NC(C)(C)C)CC2)c2c(C)c(C)sc2n1. The first-order chi connectivity index (χ1) is 12.2. The number of urea groups is 1. The van der Waals surface area contributed by atoms with E-state index in [9.17, 15) is 4.79 Å². The largest absolute Gasteiger partial charge is 0.352 e. The molecule has 1 saturated heterocycles. The van der Waals surface area contributed by atoms with Crippen LogP contribution in [0.5, 0.6) is 0 Å². The molecule has 0 saturated carbocycles. The fourth-order valence-corrected chi connectivity index (χ4v) is 4.22. The molecule has 0 aliphatic carbocycles. The first-order valence-electron chi connectivity index (χ1n) is 9.28. The van der Waals surface area contributed by atoms with Gasteiger partial charge < -0.3 is 15.1 Å². The maximum atomic E-state index is 12.4. The van der Waals surface area contributed by atoms with Gasteiger partial charge in [0.1, 0.15) is 16.5 Å². The molecule has 0 unspecified atom stereocenters. The van der Waals surface area contributed by atoms with Crippen molar-refractivity contribution in [2.75, 3.05) is 31.1 Å². The van der Waals surface area contributed by atoms with E-state index in [0.29, 0.717) is 13.1 Å². The maximum Gasteiger partial charge on any atom is 0.317 e. The van der Waals surface area contributed by atoms with Gasteiger partial charge in [-0.05, 0) is 40.2 Å². The fourth-order valence-electron chi connectivity index (χ4n) is 3.18. The normalized spacial score (nSPS) is 15.6. The minimum absolute atomic E-state index is 0.0155. The topological polar surface area (TPSA) is 61.4 Å². The molecule has 0 aromatic carbocycles. The first kappa shape index (κ1) is 18.9. The second kappa shape index (κ2) is 7.02. The molecule has 1 N–H and O–H groups in total. The summed E-state index contributed by atoms with van der Waals surface area (Å²) in [6.45, 7) is 15.4. The molecule has 2 amide bonds. The van der Waals surface area contributed by atoms with Crippen molar-refractivity contribution in [1.29, 1.82) is 0 Å². The average molecular weight is 376 g/mol. The number of aromatic nitrogens is 2. The second-order valence-corrected chi connectivity index (χ2v) is 9.14. The van der Waals surface area contributed by atoms with Gasteiger partial charge in [0, 0.05) is 43.0 Å². The van der Waals surface area contributed by atoms with Gasteiger partial charge in [-0.3, -0.25) is 0 Å². The van der Waals surface area contributed by atoms with Gasteiger partial charge in [0.05, 0.1) is 5.39 Å². The predicted octanol–water partition coefficient (Wildman–Crippen LogP) is 3.50. The van der Waals surface area contributed by atoms with Gasteiger partial charge in [0.15, 0.2) is 0 Å². The number of carbonyl (C=O) groups is 1. The molecular weight excluding hydrogens is 346 g/mol. The van der Waals surface area contributed by atoms with Crippen molar-refractivity contribution in [3.63, 3.8) is 0 Å². The van der Waals surface area contributed by atoms with Crippen LogP contribution in [0.4, 0.5) is 10.6 Å². The Morgan fingerprint density at radius 3 is 2.38 bits per heavy atom. The van der Waals surface area contributed by atoms with Gasteiger partial charge in [-0.15, -0.1) is 11.3 Å². The number of thiophene rings is 1. The molecule has 2 aromatic heterocycles. The van der Waals surface area contributed by atoms with E-state index in [1.54, 1.807) is 11.3 Å². The number of amides is 2. The minimum Gasteiger partial charge on any atom is -0.352 e. The number of piperazine rings is 1. The number of hydrogen-bond acceptors (Lipinski definition) is 5. The number of nitrogens with zero attached hydrogens (tertiary/aromatic N) is 4. The smallest absolute Gasteiger partial charge is 0.317 e. The summed E-state index contributed by atoms with van der Waals surface area (Å²) in [6, 6.07) is 0.0155. The van der Waals surface area contributed by atoms with Crippen molar-refractivity contribution >= 4 is 33.4 Å². The van der Waals surface area contributed by atoms with Crippen LogP contribution in [0.2, 0.25) is 0 Å². The molecule has 0 spiro atoms. The lowest BCUT2D eigenvalue weighted by atomic mass is 10.1. The summed E-state index contributed by atoms with van der Waals surface area (Å²) in [5.74, 6) is 1.92. The monoisotopic (exact) mass is 375 g/mol. The van der Waals surface area contributed by atoms with E-state index in [1.165, 1.54) is 15.8 Å². The summed E-state index contributed by atoms with van der Waals surface area (Å²) in [5.41, 5.74) is 1.06. The molecule has 6 nitrogen and oxygen atoms in total. The number of hydrogen-bond donors (Lipinski definition) is 1. The van der Waals surface area contributed by atoms with Crippen LogP contribution >= 0.6 is 11.3 Å². The van der Waals surface area contributed by atoms with Crippen LogP contribution in [-0.2, 0) is 6.42 Å². The number of fused-ring (bicyclic) bond motifs is 1. The lowest BCUT2D eigenvalue weighted by Crippen LogP contribution is -2.55. The van der Waals surface area contributed by atoms with E-state index in [-0.39, 0.29) is 11.6 Å². The van der Waals surface area contributed by atoms with Crippen molar-refractivity contribution in [1.82, 2.24) is 20.2 Å². The zero-order valence-electron chi connectivity index (χ0n) is 16.6. The van der Waals surface area contributed by atoms with Gasteiger partial charge in [0.2, 0.25) is 0 Å². The second-order valence-electron chi connectivity index (χ2n) is 7.93. The third-order valence-corrected chi connectivity index (χ3v) is 5.82. The van der Waals surface area contributed by atoms with Crippen LogP contribution in [0, 0.1) is 13.8 Å².